The Bertz CT molecular complexity index is 829. The highest BCUT2D eigenvalue weighted by Gasteiger charge is 2.09. The zero-order valence-electron chi connectivity index (χ0n) is 12.7. The van der Waals surface area contributed by atoms with Gasteiger partial charge >= 0.3 is 0 Å². The first kappa shape index (κ1) is 15.7. The molecule has 0 saturated carbocycles. The summed E-state index contributed by atoms with van der Waals surface area (Å²) < 4.78 is 2.19. The highest BCUT2D eigenvalue weighted by atomic mass is 79.9. The van der Waals surface area contributed by atoms with E-state index >= 15 is 0 Å². The van der Waals surface area contributed by atoms with E-state index in [-0.39, 0.29) is 5.56 Å². The minimum atomic E-state index is -0.0353. The Kier molecular flexibility index (Phi) is 5.03. The molecular weight excluding hydrogens is 352 g/mol. The highest BCUT2D eigenvalue weighted by molar-refractivity contribution is 9.10. The number of nitrogens with zero attached hydrogens (tertiary/aromatic N) is 2. The van der Waals surface area contributed by atoms with Crippen LogP contribution in [0.3, 0.4) is 0 Å². The first-order chi connectivity index (χ1) is 11.2. The summed E-state index contributed by atoms with van der Waals surface area (Å²) in [5.74, 6) is 0. The monoisotopic (exact) mass is 368 g/mol. The van der Waals surface area contributed by atoms with Gasteiger partial charge in [0.1, 0.15) is 4.47 Å². The van der Waals surface area contributed by atoms with Gasteiger partial charge in [0.25, 0.3) is 5.56 Å². The van der Waals surface area contributed by atoms with Crippen LogP contribution in [0.25, 0.3) is 0 Å². The molecule has 0 N–H and O–H groups in total. The smallest absolute Gasteiger partial charge is 0.268 e. The number of hydrogen-bond donors (Lipinski definition) is 0. The second-order valence-corrected chi connectivity index (χ2v) is 6.20. The second kappa shape index (κ2) is 7.38. The summed E-state index contributed by atoms with van der Waals surface area (Å²) in [4.78, 5) is 16.9. The molecule has 23 heavy (non-hydrogen) atoms. The van der Waals surface area contributed by atoms with Gasteiger partial charge < -0.3 is 0 Å². The van der Waals surface area contributed by atoms with Crippen LogP contribution in [0.4, 0.5) is 0 Å². The Morgan fingerprint density at radius 3 is 2.13 bits per heavy atom. The predicted octanol–water partition coefficient (Wildman–Crippen LogP) is 3.84. The van der Waals surface area contributed by atoms with Crippen molar-refractivity contribution in [1.29, 1.82) is 0 Å². The van der Waals surface area contributed by atoms with Crippen molar-refractivity contribution in [2.45, 2.75) is 19.4 Å². The molecule has 2 aromatic carbocycles. The molecule has 0 unspecified atom stereocenters. The maximum Gasteiger partial charge on any atom is 0.268 e. The van der Waals surface area contributed by atoms with Gasteiger partial charge in [-0.2, -0.15) is 0 Å². The molecule has 0 saturated heterocycles. The van der Waals surface area contributed by atoms with Crippen LogP contribution < -0.4 is 5.56 Å². The maximum absolute atomic E-state index is 12.5. The average molecular weight is 369 g/mol. The Morgan fingerprint density at radius 1 is 0.870 bits per heavy atom. The van der Waals surface area contributed by atoms with Crippen molar-refractivity contribution in [3.05, 3.63) is 98.6 Å². The number of halogens is 1. The lowest BCUT2D eigenvalue weighted by atomic mass is 10.1. The van der Waals surface area contributed by atoms with Crippen molar-refractivity contribution < 1.29 is 0 Å². The minimum absolute atomic E-state index is 0.0353. The van der Waals surface area contributed by atoms with Gasteiger partial charge in [0.15, 0.2) is 0 Å². The van der Waals surface area contributed by atoms with Crippen LogP contribution in [0, 0.1) is 0 Å². The predicted molar refractivity (Wildman–Crippen MR) is 95.6 cm³/mol. The molecule has 0 bridgehead atoms. The van der Waals surface area contributed by atoms with Crippen LogP contribution in [0.1, 0.15) is 16.8 Å². The summed E-state index contributed by atoms with van der Waals surface area (Å²) in [5.41, 5.74) is 3.10. The van der Waals surface area contributed by atoms with Crippen LogP contribution in [0.5, 0.6) is 0 Å². The topological polar surface area (TPSA) is 34.9 Å². The Balaban J connectivity index is 1.76. The van der Waals surface area contributed by atoms with Crippen LogP contribution in [-0.2, 0) is 19.4 Å². The zero-order chi connectivity index (χ0) is 16.1. The second-order valence-electron chi connectivity index (χ2n) is 5.41. The minimum Gasteiger partial charge on any atom is -0.294 e. The fourth-order valence-electron chi connectivity index (χ4n) is 2.47. The van der Waals surface area contributed by atoms with E-state index in [1.165, 1.54) is 5.56 Å². The van der Waals surface area contributed by atoms with Gasteiger partial charge in [-0.05, 0) is 39.9 Å². The SMILES string of the molecule is O=c1c(Br)c(CCc2ccccc2)ncn1Cc1ccccc1. The average Bonchev–Trinajstić information content (AvgIpc) is 2.60. The van der Waals surface area contributed by atoms with Gasteiger partial charge in [-0.1, -0.05) is 60.7 Å². The van der Waals surface area contributed by atoms with E-state index in [4.69, 9.17) is 0 Å². The number of rotatable bonds is 5. The van der Waals surface area contributed by atoms with Crippen molar-refractivity contribution in [3.8, 4) is 0 Å². The Labute approximate surface area is 143 Å². The number of benzene rings is 2. The van der Waals surface area contributed by atoms with E-state index in [9.17, 15) is 4.79 Å². The molecule has 0 aliphatic rings. The lowest BCUT2D eigenvalue weighted by Crippen LogP contribution is -2.23. The molecule has 0 spiro atoms. The summed E-state index contributed by atoms with van der Waals surface area (Å²) in [6.45, 7) is 0.532. The van der Waals surface area contributed by atoms with E-state index in [2.05, 4.69) is 33.0 Å². The van der Waals surface area contributed by atoms with Crippen molar-refractivity contribution in [1.82, 2.24) is 9.55 Å². The Morgan fingerprint density at radius 2 is 1.48 bits per heavy atom. The lowest BCUT2D eigenvalue weighted by molar-refractivity contribution is 0.713. The molecule has 3 nitrogen and oxygen atoms in total. The molecule has 1 heterocycles. The molecule has 0 aliphatic carbocycles. The van der Waals surface area contributed by atoms with E-state index < -0.39 is 0 Å². The molecule has 4 heteroatoms. The van der Waals surface area contributed by atoms with Crippen molar-refractivity contribution in [3.63, 3.8) is 0 Å². The van der Waals surface area contributed by atoms with E-state index in [0.29, 0.717) is 11.0 Å². The molecule has 0 aliphatic heterocycles. The third-order valence-electron chi connectivity index (χ3n) is 3.74. The van der Waals surface area contributed by atoms with Crippen LogP contribution >= 0.6 is 15.9 Å². The summed E-state index contributed by atoms with van der Waals surface area (Å²) in [6, 6.07) is 20.1. The lowest BCUT2D eigenvalue weighted by Gasteiger charge is -2.09. The van der Waals surface area contributed by atoms with Gasteiger partial charge in [-0.15, -0.1) is 0 Å². The number of hydrogen-bond acceptors (Lipinski definition) is 2. The number of aryl methyl sites for hydroxylation is 2. The van der Waals surface area contributed by atoms with Crippen molar-refractivity contribution in [2.75, 3.05) is 0 Å². The molecule has 3 rings (SSSR count). The fourth-order valence-corrected chi connectivity index (χ4v) is 3.00. The van der Waals surface area contributed by atoms with Crippen molar-refractivity contribution in [2.24, 2.45) is 0 Å². The fraction of sp³-hybridized carbons (Fsp3) is 0.158. The third-order valence-corrected chi connectivity index (χ3v) is 4.54. The molecular formula is C19H17BrN2O. The zero-order valence-corrected chi connectivity index (χ0v) is 14.2. The van der Waals surface area contributed by atoms with E-state index in [1.807, 2.05) is 48.5 Å². The number of aromatic nitrogens is 2. The van der Waals surface area contributed by atoms with Crippen LogP contribution in [0.2, 0.25) is 0 Å². The van der Waals surface area contributed by atoms with Gasteiger partial charge in [0.2, 0.25) is 0 Å². The summed E-state index contributed by atoms with van der Waals surface area (Å²) in [6.07, 6.45) is 3.25. The summed E-state index contributed by atoms with van der Waals surface area (Å²) in [7, 11) is 0. The maximum atomic E-state index is 12.5. The van der Waals surface area contributed by atoms with Gasteiger partial charge in [0, 0.05) is 0 Å². The molecule has 3 aromatic rings. The first-order valence-corrected chi connectivity index (χ1v) is 8.35. The molecule has 0 atom stereocenters. The van der Waals surface area contributed by atoms with Gasteiger partial charge in [-0.25, -0.2) is 4.98 Å². The summed E-state index contributed by atoms with van der Waals surface area (Å²) >= 11 is 3.42. The Hall–Kier alpha value is -2.20. The third kappa shape index (κ3) is 3.96. The van der Waals surface area contributed by atoms with Crippen LogP contribution in [0.15, 0.2) is 76.3 Å². The molecule has 1 aromatic heterocycles. The molecule has 116 valence electrons. The molecule has 0 amide bonds. The summed E-state index contributed by atoms with van der Waals surface area (Å²) in [5, 5.41) is 0. The van der Waals surface area contributed by atoms with Crippen molar-refractivity contribution >= 4 is 15.9 Å². The van der Waals surface area contributed by atoms with Gasteiger partial charge in [-0.3, -0.25) is 9.36 Å². The highest BCUT2D eigenvalue weighted by Crippen LogP contribution is 2.13. The first-order valence-electron chi connectivity index (χ1n) is 7.55. The van der Waals surface area contributed by atoms with Crippen LogP contribution in [-0.4, -0.2) is 9.55 Å². The molecule has 0 radical (unpaired) electrons. The van der Waals surface area contributed by atoms with E-state index in [0.717, 1.165) is 24.1 Å². The molecule has 0 fully saturated rings. The van der Waals surface area contributed by atoms with E-state index in [1.54, 1.807) is 10.9 Å². The normalized spacial score (nSPS) is 10.7. The standard InChI is InChI=1S/C19H17BrN2O/c20-18-17(12-11-15-7-3-1-4-8-15)21-14-22(19(18)23)13-16-9-5-2-6-10-16/h1-10,14H,11-13H2. The quantitative estimate of drug-likeness (QED) is 0.685. The largest absolute Gasteiger partial charge is 0.294 e. The van der Waals surface area contributed by atoms with Gasteiger partial charge in [0.05, 0.1) is 18.6 Å².